The number of hydrogen-bond donors (Lipinski definition) is 1. The molecule has 0 saturated carbocycles. The minimum Gasteiger partial charge on any atom is -0.368 e. The Kier molecular flexibility index (Phi) is 7.21. The molecule has 2 aromatic rings. The molecule has 1 heterocycles. The van der Waals surface area contributed by atoms with Crippen molar-refractivity contribution in [3.8, 4) is 0 Å². The summed E-state index contributed by atoms with van der Waals surface area (Å²) in [6.45, 7) is 6.41. The summed E-state index contributed by atoms with van der Waals surface area (Å²) in [5.41, 5.74) is 4.25. The highest BCUT2D eigenvalue weighted by Crippen LogP contribution is 2.25. The number of aliphatic imine (C=N–C) groups is 1. The van der Waals surface area contributed by atoms with E-state index >= 15 is 0 Å². The molecule has 1 saturated heterocycles. The van der Waals surface area contributed by atoms with Gasteiger partial charge in [-0.25, -0.2) is 0 Å². The normalized spacial score (nSPS) is 14.6. The van der Waals surface area contributed by atoms with Crippen molar-refractivity contribution in [1.29, 1.82) is 0 Å². The number of piperazine rings is 1. The van der Waals surface area contributed by atoms with Gasteiger partial charge in [0.25, 0.3) is 5.91 Å². The van der Waals surface area contributed by atoms with Crippen molar-refractivity contribution < 1.29 is 4.79 Å². The monoisotopic (exact) mass is 427 g/mol. The second-order valence-electron chi connectivity index (χ2n) is 7.70. The van der Waals surface area contributed by atoms with Crippen molar-refractivity contribution in [2.24, 2.45) is 4.99 Å². The van der Waals surface area contributed by atoms with Gasteiger partial charge >= 0.3 is 0 Å². The van der Waals surface area contributed by atoms with Gasteiger partial charge in [0, 0.05) is 70.1 Å². The zero-order chi connectivity index (χ0) is 21.7. The standard InChI is InChI=1S/C23H30ClN5O/c1-17-5-10-20(24)15-21(17)28-11-13-29(14-12-28)23(25-2)26-16-18-6-8-19(9-7-18)22(30)27(3)4/h5-10,15H,11-14,16H2,1-4H3,(H,25,26). The van der Waals surface area contributed by atoms with Crippen molar-refractivity contribution in [2.45, 2.75) is 13.5 Å². The minimum absolute atomic E-state index is 0.0122. The summed E-state index contributed by atoms with van der Waals surface area (Å²) in [6, 6.07) is 13.8. The van der Waals surface area contributed by atoms with Crippen LogP contribution in [0.25, 0.3) is 0 Å². The molecule has 0 atom stereocenters. The van der Waals surface area contributed by atoms with Crippen LogP contribution < -0.4 is 10.2 Å². The first-order valence-corrected chi connectivity index (χ1v) is 10.5. The van der Waals surface area contributed by atoms with Crippen LogP contribution in [0.5, 0.6) is 0 Å². The van der Waals surface area contributed by atoms with Crippen LogP contribution in [0.3, 0.4) is 0 Å². The predicted molar refractivity (Wildman–Crippen MR) is 125 cm³/mol. The van der Waals surface area contributed by atoms with Crippen LogP contribution in [0.15, 0.2) is 47.5 Å². The van der Waals surface area contributed by atoms with Crippen LogP contribution in [-0.4, -0.2) is 69.0 Å². The number of nitrogens with zero attached hydrogens (tertiary/aromatic N) is 4. The van der Waals surface area contributed by atoms with Gasteiger partial charge < -0.3 is 20.0 Å². The van der Waals surface area contributed by atoms with Crippen molar-refractivity contribution in [3.63, 3.8) is 0 Å². The van der Waals surface area contributed by atoms with Gasteiger partial charge in [0.2, 0.25) is 0 Å². The molecule has 0 aliphatic carbocycles. The molecule has 2 aromatic carbocycles. The number of carbonyl (C=O) groups excluding carboxylic acids is 1. The largest absolute Gasteiger partial charge is 0.368 e. The van der Waals surface area contributed by atoms with E-state index in [0.29, 0.717) is 12.1 Å². The first-order chi connectivity index (χ1) is 14.4. The summed E-state index contributed by atoms with van der Waals surface area (Å²) in [4.78, 5) is 22.7. The van der Waals surface area contributed by atoms with Crippen LogP contribution in [0.4, 0.5) is 5.69 Å². The second-order valence-corrected chi connectivity index (χ2v) is 8.14. The molecule has 0 bridgehead atoms. The Hall–Kier alpha value is -2.73. The van der Waals surface area contributed by atoms with Gasteiger partial charge in [-0.3, -0.25) is 9.79 Å². The quantitative estimate of drug-likeness (QED) is 0.601. The number of nitrogens with one attached hydrogen (secondary N) is 1. The second kappa shape index (κ2) is 9.85. The van der Waals surface area contributed by atoms with Crippen molar-refractivity contribution in [1.82, 2.24) is 15.1 Å². The molecule has 3 rings (SSSR count). The van der Waals surface area contributed by atoms with Crippen molar-refractivity contribution in [3.05, 3.63) is 64.2 Å². The fourth-order valence-electron chi connectivity index (χ4n) is 3.62. The first-order valence-electron chi connectivity index (χ1n) is 10.2. The van der Waals surface area contributed by atoms with Gasteiger partial charge in [-0.2, -0.15) is 0 Å². The van der Waals surface area contributed by atoms with Crippen LogP contribution in [0.1, 0.15) is 21.5 Å². The van der Waals surface area contributed by atoms with Gasteiger partial charge in [-0.05, 0) is 42.3 Å². The van der Waals surface area contributed by atoms with E-state index in [0.717, 1.165) is 42.7 Å². The van der Waals surface area contributed by atoms with Crippen LogP contribution in [-0.2, 0) is 6.54 Å². The fourth-order valence-corrected chi connectivity index (χ4v) is 3.79. The SMILES string of the molecule is CN=C(NCc1ccc(C(=O)N(C)C)cc1)N1CCN(c2cc(Cl)ccc2C)CC1. The summed E-state index contributed by atoms with van der Waals surface area (Å²) < 4.78 is 0. The third-order valence-electron chi connectivity index (χ3n) is 5.36. The summed E-state index contributed by atoms with van der Waals surface area (Å²) in [6.07, 6.45) is 0. The van der Waals surface area contributed by atoms with E-state index in [9.17, 15) is 4.79 Å². The van der Waals surface area contributed by atoms with E-state index in [4.69, 9.17) is 11.6 Å². The van der Waals surface area contributed by atoms with Gasteiger partial charge in [-0.1, -0.05) is 29.8 Å². The zero-order valence-electron chi connectivity index (χ0n) is 18.2. The number of halogens is 1. The summed E-state index contributed by atoms with van der Waals surface area (Å²) in [5.74, 6) is 0.907. The van der Waals surface area contributed by atoms with Crippen molar-refractivity contribution in [2.75, 3.05) is 52.2 Å². The number of rotatable bonds is 4. The maximum atomic E-state index is 12.0. The third-order valence-corrected chi connectivity index (χ3v) is 5.60. The molecular formula is C23H30ClN5O. The van der Waals surface area contributed by atoms with Crippen molar-refractivity contribution >= 4 is 29.2 Å². The van der Waals surface area contributed by atoms with E-state index in [1.807, 2.05) is 43.4 Å². The molecule has 0 radical (unpaired) electrons. The van der Waals surface area contributed by atoms with Gasteiger partial charge in [0.15, 0.2) is 5.96 Å². The van der Waals surface area contributed by atoms with Gasteiger partial charge in [0.1, 0.15) is 0 Å². The van der Waals surface area contributed by atoms with Gasteiger partial charge in [0.05, 0.1) is 0 Å². The number of carbonyl (C=O) groups is 1. The van der Waals surface area contributed by atoms with Crippen LogP contribution in [0.2, 0.25) is 5.02 Å². The molecule has 7 heteroatoms. The fraction of sp³-hybridized carbons (Fsp3) is 0.391. The van der Waals surface area contributed by atoms with E-state index < -0.39 is 0 Å². The lowest BCUT2D eigenvalue weighted by Crippen LogP contribution is -2.52. The molecule has 1 amide bonds. The number of amides is 1. The lowest BCUT2D eigenvalue weighted by molar-refractivity contribution is 0.0827. The Balaban J connectivity index is 1.55. The summed E-state index contributed by atoms with van der Waals surface area (Å²) in [7, 11) is 5.33. The molecule has 1 aliphatic rings. The number of aryl methyl sites for hydroxylation is 1. The molecule has 1 aliphatic heterocycles. The highest BCUT2D eigenvalue weighted by molar-refractivity contribution is 6.30. The molecule has 160 valence electrons. The molecule has 0 unspecified atom stereocenters. The summed E-state index contributed by atoms with van der Waals surface area (Å²) in [5, 5.41) is 4.21. The highest BCUT2D eigenvalue weighted by atomic mass is 35.5. The molecule has 6 nitrogen and oxygen atoms in total. The number of benzene rings is 2. The maximum absolute atomic E-state index is 12.0. The molecular weight excluding hydrogens is 398 g/mol. The molecule has 1 fully saturated rings. The Morgan fingerprint density at radius 1 is 1.10 bits per heavy atom. The lowest BCUT2D eigenvalue weighted by atomic mass is 10.1. The maximum Gasteiger partial charge on any atom is 0.253 e. The smallest absolute Gasteiger partial charge is 0.253 e. The topological polar surface area (TPSA) is 51.2 Å². The number of guanidine groups is 1. The zero-order valence-corrected chi connectivity index (χ0v) is 18.9. The Morgan fingerprint density at radius 2 is 1.77 bits per heavy atom. The minimum atomic E-state index is 0.0122. The average Bonchev–Trinajstić information content (AvgIpc) is 2.76. The molecule has 30 heavy (non-hydrogen) atoms. The van der Waals surface area contributed by atoms with Crippen LogP contribution >= 0.6 is 11.6 Å². The van der Waals surface area contributed by atoms with E-state index in [1.165, 1.54) is 11.3 Å². The summed E-state index contributed by atoms with van der Waals surface area (Å²) >= 11 is 6.19. The number of hydrogen-bond acceptors (Lipinski definition) is 3. The lowest BCUT2D eigenvalue weighted by Gasteiger charge is -2.38. The number of anilines is 1. The molecule has 1 N–H and O–H groups in total. The van der Waals surface area contributed by atoms with E-state index in [1.54, 1.807) is 19.0 Å². The van der Waals surface area contributed by atoms with E-state index in [-0.39, 0.29) is 5.91 Å². The molecule has 0 aromatic heterocycles. The first kappa shape index (κ1) is 22.0. The van der Waals surface area contributed by atoms with Gasteiger partial charge in [-0.15, -0.1) is 0 Å². The Labute approximate surface area is 184 Å². The Morgan fingerprint density at radius 3 is 2.37 bits per heavy atom. The van der Waals surface area contributed by atoms with E-state index in [2.05, 4.69) is 33.1 Å². The average molecular weight is 428 g/mol. The Bertz CT molecular complexity index is 902. The van der Waals surface area contributed by atoms with Crippen LogP contribution in [0, 0.1) is 6.92 Å². The predicted octanol–water partition coefficient (Wildman–Crippen LogP) is 3.25. The molecule has 0 spiro atoms. The third kappa shape index (κ3) is 5.25. The highest BCUT2D eigenvalue weighted by Gasteiger charge is 2.21.